The summed E-state index contributed by atoms with van der Waals surface area (Å²) >= 11 is 7.54. The Morgan fingerprint density at radius 1 is 1.50 bits per heavy atom. The van der Waals surface area contributed by atoms with Crippen molar-refractivity contribution in [3.05, 3.63) is 23.2 Å². The van der Waals surface area contributed by atoms with Crippen molar-refractivity contribution in [3.8, 4) is 0 Å². The number of nitrogens with one attached hydrogen (secondary N) is 1. The molecule has 0 aliphatic carbocycles. The van der Waals surface area contributed by atoms with Crippen LogP contribution in [0.15, 0.2) is 18.2 Å². The van der Waals surface area contributed by atoms with Crippen molar-refractivity contribution in [2.75, 3.05) is 11.9 Å². The predicted molar refractivity (Wildman–Crippen MR) is 63.4 cm³/mol. The number of aromatic nitrogens is 1. The summed E-state index contributed by atoms with van der Waals surface area (Å²) in [6.45, 7) is 3.10. The molecule has 14 heavy (non-hydrogen) atoms. The van der Waals surface area contributed by atoms with Crippen LogP contribution < -0.4 is 5.32 Å². The smallest absolute Gasteiger partial charge is 0.183 e. The Hall–Kier alpha value is -0.800. The Morgan fingerprint density at radius 3 is 3.14 bits per heavy atom. The Balaban J connectivity index is 2.32. The van der Waals surface area contributed by atoms with E-state index in [1.54, 1.807) is 11.3 Å². The van der Waals surface area contributed by atoms with Crippen LogP contribution >= 0.6 is 22.9 Å². The summed E-state index contributed by atoms with van der Waals surface area (Å²) < 4.78 is 1.17. The number of halogens is 1. The number of fused-ring (bicyclic) bond motifs is 1. The molecule has 0 aliphatic heterocycles. The highest BCUT2D eigenvalue weighted by Crippen LogP contribution is 2.27. The zero-order valence-corrected chi connectivity index (χ0v) is 9.45. The van der Waals surface area contributed by atoms with Gasteiger partial charge in [0.25, 0.3) is 0 Å². The van der Waals surface area contributed by atoms with E-state index in [9.17, 15) is 0 Å². The molecule has 0 spiro atoms. The molecule has 1 aromatic heterocycles. The second-order valence-electron chi connectivity index (χ2n) is 3.06. The number of benzene rings is 1. The number of rotatable bonds is 3. The summed E-state index contributed by atoms with van der Waals surface area (Å²) in [6.07, 6.45) is 1.11. The van der Waals surface area contributed by atoms with Gasteiger partial charge in [0, 0.05) is 11.6 Å². The Kier molecular flexibility index (Phi) is 2.89. The van der Waals surface area contributed by atoms with E-state index in [2.05, 4.69) is 17.2 Å². The first kappa shape index (κ1) is 9.74. The van der Waals surface area contributed by atoms with Crippen LogP contribution in [0.25, 0.3) is 10.2 Å². The zero-order valence-electron chi connectivity index (χ0n) is 7.88. The van der Waals surface area contributed by atoms with Crippen LogP contribution in [0.3, 0.4) is 0 Å². The van der Waals surface area contributed by atoms with Gasteiger partial charge in [0.05, 0.1) is 10.2 Å². The minimum Gasteiger partial charge on any atom is -0.361 e. The zero-order chi connectivity index (χ0) is 9.97. The summed E-state index contributed by atoms with van der Waals surface area (Å²) in [5.41, 5.74) is 0.973. The molecule has 0 fully saturated rings. The van der Waals surface area contributed by atoms with Crippen LogP contribution in [0.1, 0.15) is 13.3 Å². The summed E-state index contributed by atoms with van der Waals surface area (Å²) in [5.74, 6) is 0. The van der Waals surface area contributed by atoms with Crippen molar-refractivity contribution >= 4 is 38.3 Å². The number of anilines is 1. The quantitative estimate of drug-likeness (QED) is 0.862. The molecule has 1 N–H and O–H groups in total. The first-order valence-corrected chi connectivity index (χ1v) is 5.79. The van der Waals surface area contributed by atoms with Crippen LogP contribution in [0.5, 0.6) is 0 Å². The maximum atomic E-state index is 5.88. The fraction of sp³-hybridized carbons (Fsp3) is 0.300. The first-order chi connectivity index (χ1) is 6.79. The van der Waals surface area contributed by atoms with Gasteiger partial charge in [0.1, 0.15) is 0 Å². The Labute approximate surface area is 91.9 Å². The summed E-state index contributed by atoms with van der Waals surface area (Å²) in [7, 11) is 0. The van der Waals surface area contributed by atoms with Crippen molar-refractivity contribution in [2.45, 2.75) is 13.3 Å². The molecule has 1 heterocycles. The lowest BCUT2D eigenvalue weighted by Gasteiger charge is -1.95. The van der Waals surface area contributed by atoms with E-state index in [4.69, 9.17) is 11.6 Å². The van der Waals surface area contributed by atoms with E-state index in [-0.39, 0.29) is 0 Å². The Morgan fingerprint density at radius 2 is 2.36 bits per heavy atom. The average molecular weight is 227 g/mol. The minimum atomic E-state index is 0.741. The average Bonchev–Trinajstić information content (AvgIpc) is 2.56. The van der Waals surface area contributed by atoms with Gasteiger partial charge >= 0.3 is 0 Å². The van der Waals surface area contributed by atoms with Gasteiger partial charge in [-0.25, -0.2) is 4.98 Å². The minimum absolute atomic E-state index is 0.741. The number of nitrogens with zero attached hydrogens (tertiary/aromatic N) is 1. The van der Waals surface area contributed by atoms with Gasteiger partial charge in [0.2, 0.25) is 0 Å². The second-order valence-corrected chi connectivity index (χ2v) is 4.52. The summed E-state index contributed by atoms with van der Waals surface area (Å²) in [6, 6.07) is 5.79. The van der Waals surface area contributed by atoms with Gasteiger partial charge in [-0.1, -0.05) is 29.9 Å². The van der Waals surface area contributed by atoms with Crippen LogP contribution in [-0.2, 0) is 0 Å². The lowest BCUT2D eigenvalue weighted by Crippen LogP contribution is -1.98. The SMILES string of the molecule is CCCNc1nc2cc(Cl)ccc2s1. The van der Waals surface area contributed by atoms with Gasteiger partial charge < -0.3 is 5.32 Å². The van der Waals surface area contributed by atoms with Gasteiger partial charge in [-0.3, -0.25) is 0 Å². The standard InChI is InChI=1S/C10H11ClN2S/c1-2-5-12-10-13-8-6-7(11)3-4-9(8)14-10/h3-4,6H,2,5H2,1H3,(H,12,13). The number of thiazole rings is 1. The fourth-order valence-corrected chi connectivity index (χ4v) is 2.25. The van der Waals surface area contributed by atoms with E-state index < -0.39 is 0 Å². The normalized spacial score (nSPS) is 10.7. The third-order valence-corrected chi connectivity index (χ3v) is 3.11. The molecule has 0 radical (unpaired) electrons. The molecular weight excluding hydrogens is 216 g/mol. The topological polar surface area (TPSA) is 24.9 Å². The molecule has 0 unspecified atom stereocenters. The molecule has 4 heteroatoms. The third kappa shape index (κ3) is 1.99. The van der Waals surface area contributed by atoms with Gasteiger partial charge in [0.15, 0.2) is 5.13 Å². The van der Waals surface area contributed by atoms with E-state index >= 15 is 0 Å². The largest absolute Gasteiger partial charge is 0.361 e. The van der Waals surface area contributed by atoms with Crippen LogP contribution in [0.2, 0.25) is 5.02 Å². The summed E-state index contributed by atoms with van der Waals surface area (Å²) in [5, 5.41) is 4.98. The monoisotopic (exact) mass is 226 g/mol. The molecule has 2 aromatic rings. The van der Waals surface area contributed by atoms with Crippen molar-refractivity contribution in [1.29, 1.82) is 0 Å². The lowest BCUT2D eigenvalue weighted by molar-refractivity contribution is 0.977. The lowest BCUT2D eigenvalue weighted by atomic mass is 10.3. The van der Waals surface area contributed by atoms with Crippen molar-refractivity contribution in [2.24, 2.45) is 0 Å². The van der Waals surface area contributed by atoms with Crippen LogP contribution in [-0.4, -0.2) is 11.5 Å². The molecule has 2 nitrogen and oxygen atoms in total. The molecule has 2 rings (SSSR count). The highest BCUT2D eigenvalue weighted by Gasteiger charge is 2.02. The molecule has 0 bridgehead atoms. The molecule has 0 saturated carbocycles. The number of hydrogen-bond donors (Lipinski definition) is 1. The van der Waals surface area contributed by atoms with Crippen LogP contribution in [0.4, 0.5) is 5.13 Å². The maximum absolute atomic E-state index is 5.88. The summed E-state index contributed by atoms with van der Waals surface area (Å²) in [4.78, 5) is 4.43. The molecular formula is C10H11ClN2S. The van der Waals surface area contributed by atoms with E-state index in [1.807, 2.05) is 18.2 Å². The second kappa shape index (κ2) is 4.15. The van der Waals surface area contributed by atoms with E-state index in [0.717, 1.165) is 28.6 Å². The molecule has 0 saturated heterocycles. The fourth-order valence-electron chi connectivity index (χ4n) is 1.21. The molecule has 0 atom stereocenters. The highest BCUT2D eigenvalue weighted by molar-refractivity contribution is 7.22. The van der Waals surface area contributed by atoms with Gasteiger partial charge in [-0.2, -0.15) is 0 Å². The molecule has 1 aromatic carbocycles. The molecule has 0 amide bonds. The molecule has 0 aliphatic rings. The third-order valence-electron chi connectivity index (χ3n) is 1.88. The van der Waals surface area contributed by atoms with Gasteiger partial charge in [-0.05, 0) is 24.6 Å². The highest BCUT2D eigenvalue weighted by atomic mass is 35.5. The van der Waals surface area contributed by atoms with Crippen molar-refractivity contribution in [1.82, 2.24) is 4.98 Å². The Bertz CT molecular complexity index is 439. The van der Waals surface area contributed by atoms with Crippen molar-refractivity contribution in [3.63, 3.8) is 0 Å². The van der Waals surface area contributed by atoms with Crippen molar-refractivity contribution < 1.29 is 0 Å². The van der Waals surface area contributed by atoms with Gasteiger partial charge in [-0.15, -0.1) is 0 Å². The molecule has 74 valence electrons. The first-order valence-electron chi connectivity index (χ1n) is 4.59. The maximum Gasteiger partial charge on any atom is 0.183 e. The van der Waals surface area contributed by atoms with E-state index in [1.165, 1.54) is 4.70 Å². The van der Waals surface area contributed by atoms with E-state index in [0.29, 0.717) is 0 Å². The van der Waals surface area contributed by atoms with Crippen LogP contribution in [0, 0.1) is 0 Å². The predicted octanol–water partition coefficient (Wildman–Crippen LogP) is 3.77. The number of hydrogen-bond acceptors (Lipinski definition) is 3.